The van der Waals surface area contributed by atoms with E-state index in [-0.39, 0.29) is 0 Å². The van der Waals surface area contributed by atoms with E-state index in [2.05, 4.69) is 37.9 Å². The van der Waals surface area contributed by atoms with Gasteiger partial charge in [-0.25, -0.2) is 0 Å². The standard InChI is InChI=1S/C15H32N2O/c1-5-18-15-6-8-17(9-7-15)12-14(4)11-16-10-13(2)3/h13-16H,5-12H2,1-4H3. The van der Waals surface area contributed by atoms with Gasteiger partial charge in [0, 0.05) is 26.2 Å². The van der Waals surface area contributed by atoms with Crippen LogP contribution < -0.4 is 5.32 Å². The molecule has 1 N–H and O–H groups in total. The largest absolute Gasteiger partial charge is 0.378 e. The Hall–Kier alpha value is -0.120. The van der Waals surface area contributed by atoms with Crippen LogP contribution in [0.15, 0.2) is 0 Å². The van der Waals surface area contributed by atoms with E-state index >= 15 is 0 Å². The minimum Gasteiger partial charge on any atom is -0.378 e. The van der Waals surface area contributed by atoms with E-state index in [0.29, 0.717) is 6.10 Å². The smallest absolute Gasteiger partial charge is 0.0599 e. The molecule has 1 atom stereocenters. The minimum atomic E-state index is 0.514. The molecule has 1 heterocycles. The number of hydrogen-bond acceptors (Lipinski definition) is 3. The Kier molecular flexibility index (Phi) is 7.87. The van der Waals surface area contributed by atoms with Crippen LogP contribution in [0.5, 0.6) is 0 Å². The van der Waals surface area contributed by atoms with Gasteiger partial charge in [-0.15, -0.1) is 0 Å². The van der Waals surface area contributed by atoms with Crippen molar-refractivity contribution in [3.63, 3.8) is 0 Å². The van der Waals surface area contributed by atoms with Gasteiger partial charge in [0.1, 0.15) is 0 Å². The molecule has 1 fully saturated rings. The van der Waals surface area contributed by atoms with E-state index in [1.807, 2.05) is 0 Å². The number of nitrogens with one attached hydrogen (secondary N) is 1. The zero-order valence-corrected chi connectivity index (χ0v) is 12.7. The normalized spacial score (nSPS) is 20.5. The molecule has 0 saturated carbocycles. The molecule has 0 spiro atoms. The first-order valence-corrected chi connectivity index (χ1v) is 7.66. The van der Waals surface area contributed by atoms with Crippen LogP contribution in [0.2, 0.25) is 0 Å². The predicted molar refractivity (Wildman–Crippen MR) is 78.0 cm³/mol. The van der Waals surface area contributed by atoms with Crippen LogP contribution in [0.4, 0.5) is 0 Å². The molecule has 1 saturated heterocycles. The molecule has 18 heavy (non-hydrogen) atoms. The van der Waals surface area contributed by atoms with Crippen molar-refractivity contribution in [3.8, 4) is 0 Å². The number of hydrogen-bond donors (Lipinski definition) is 1. The molecule has 3 heteroatoms. The highest BCUT2D eigenvalue weighted by Crippen LogP contribution is 2.14. The maximum atomic E-state index is 5.69. The Morgan fingerprint density at radius 1 is 1.17 bits per heavy atom. The first-order valence-electron chi connectivity index (χ1n) is 7.66. The van der Waals surface area contributed by atoms with E-state index in [4.69, 9.17) is 4.74 Å². The second-order valence-electron chi connectivity index (χ2n) is 6.11. The molecule has 0 aromatic rings. The third-order valence-electron chi connectivity index (χ3n) is 3.55. The fraction of sp³-hybridized carbons (Fsp3) is 1.00. The molecular weight excluding hydrogens is 224 g/mol. The second-order valence-corrected chi connectivity index (χ2v) is 6.11. The van der Waals surface area contributed by atoms with Crippen LogP contribution in [-0.2, 0) is 4.74 Å². The summed E-state index contributed by atoms with van der Waals surface area (Å²) < 4.78 is 5.69. The predicted octanol–water partition coefficient (Wildman–Crippen LogP) is 2.37. The quantitative estimate of drug-likeness (QED) is 0.721. The Morgan fingerprint density at radius 3 is 2.39 bits per heavy atom. The molecule has 3 nitrogen and oxygen atoms in total. The van der Waals surface area contributed by atoms with Gasteiger partial charge in [-0.05, 0) is 44.7 Å². The zero-order chi connectivity index (χ0) is 13.4. The summed E-state index contributed by atoms with van der Waals surface area (Å²) in [6.07, 6.45) is 2.93. The lowest BCUT2D eigenvalue weighted by Gasteiger charge is -2.33. The summed E-state index contributed by atoms with van der Waals surface area (Å²) in [6, 6.07) is 0. The number of ether oxygens (including phenoxy) is 1. The molecule has 1 unspecified atom stereocenters. The van der Waals surface area contributed by atoms with Crippen molar-refractivity contribution in [1.82, 2.24) is 10.2 Å². The van der Waals surface area contributed by atoms with Crippen molar-refractivity contribution >= 4 is 0 Å². The van der Waals surface area contributed by atoms with Gasteiger partial charge in [-0.3, -0.25) is 0 Å². The highest BCUT2D eigenvalue weighted by molar-refractivity contribution is 4.74. The van der Waals surface area contributed by atoms with Crippen molar-refractivity contribution in [1.29, 1.82) is 0 Å². The van der Waals surface area contributed by atoms with Crippen molar-refractivity contribution < 1.29 is 4.74 Å². The summed E-state index contributed by atoms with van der Waals surface area (Å²) in [7, 11) is 0. The molecule has 1 rings (SSSR count). The first kappa shape index (κ1) is 15.9. The highest BCUT2D eigenvalue weighted by atomic mass is 16.5. The molecular formula is C15H32N2O. The van der Waals surface area contributed by atoms with E-state index in [1.165, 1.54) is 32.5 Å². The number of nitrogens with zero attached hydrogens (tertiary/aromatic N) is 1. The third kappa shape index (κ3) is 6.72. The lowest BCUT2D eigenvalue weighted by molar-refractivity contribution is 0.0116. The summed E-state index contributed by atoms with van der Waals surface area (Å²) in [5.74, 6) is 1.49. The Labute approximate surface area is 113 Å². The summed E-state index contributed by atoms with van der Waals surface area (Å²) >= 11 is 0. The topological polar surface area (TPSA) is 24.5 Å². The van der Waals surface area contributed by atoms with E-state index in [9.17, 15) is 0 Å². The van der Waals surface area contributed by atoms with Crippen LogP contribution in [0.1, 0.15) is 40.5 Å². The SMILES string of the molecule is CCOC1CCN(CC(C)CNCC(C)C)CC1. The summed E-state index contributed by atoms with van der Waals surface area (Å²) in [5, 5.41) is 3.55. The minimum absolute atomic E-state index is 0.514. The average molecular weight is 256 g/mol. The molecule has 0 bridgehead atoms. The van der Waals surface area contributed by atoms with Gasteiger partial charge in [-0.2, -0.15) is 0 Å². The average Bonchev–Trinajstić information content (AvgIpc) is 2.31. The zero-order valence-electron chi connectivity index (χ0n) is 12.7. The highest BCUT2D eigenvalue weighted by Gasteiger charge is 2.20. The van der Waals surface area contributed by atoms with Crippen molar-refractivity contribution in [3.05, 3.63) is 0 Å². The number of likely N-dealkylation sites (tertiary alicyclic amines) is 1. The van der Waals surface area contributed by atoms with Crippen LogP contribution in [0.25, 0.3) is 0 Å². The summed E-state index contributed by atoms with van der Waals surface area (Å²) in [6.45, 7) is 15.7. The molecule has 1 aliphatic heterocycles. The van der Waals surface area contributed by atoms with Crippen LogP contribution in [0.3, 0.4) is 0 Å². The fourth-order valence-corrected chi connectivity index (χ4v) is 2.62. The van der Waals surface area contributed by atoms with E-state index in [0.717, 1.165) is 31.5 Å². The molecule has 0 aliphatic carbocycles. The molecule has 0 radical (unpaired) electrons. The first-order chi connectivity index (χ1) is 8.61. The maximum absolute atomic E-state index is 5.69. The molecule has 0 aromatic heterocycles. The van der Waals surface area contributed by atoms with Gasteiger partial charge < -0.3 is 15.0 Å². The van der Waals surface area contributed by atoms with Gasteiger partial charge in [0.2, 0.25) is 0 Å². The van der Waals surface area contributed by atoms with E-state index in [1.54, 1.807) is 0 Å². The Balaban J connectivity index is 2.08. The monoisotopic (exact) mass is 256 g/mol. The van der Waals surface area contributed by atoms with Crippen molar-refractivity contribution in [2.75, 3.05) is 39.3 Å². The second kappa shape index (κ2) is 8.89. The van der Waals surface area contributed by atoms with Gasteiger partial charge in [-0.1, -0.05) is 20.8 Å². The molecule has 108 valence electrons. The van der Waals surface area contributed by atoms with Gasteiger partial charge >= 0.3 is 0 Å². The maximum Gasteiger partial charge on any atom is 0.0599 e. The van der Waals surface area contributed by atoms with Crippen LogP contribution in [0, 0.1) is 11.8 Å². The van der Waals surface area contributed by atoms with Crippen LogP contribution in [-0.4, -0.2) is 50.3 Å². The number of rotatable bonds is 8. The van der Waals surface area contributed by atoms with Gasteiger partial charge in [0.25, 0.3) is 0 Å². The lowest BCUT2D eigenvalue weighted by atomic mass is 10.1. The molecule has 0 aromatic carbocycles. The summed E-state index contributed by atoms with van der Waals surface area (Å²) in [4.78, 5) is 2.59. The third-order valence-corrected chi connectivity index (χ3v) is 3.55. The molecule has 1 aliphatic rings. The van der Waals surface area contributed by atoms with Crippen molar-refractivity contribution in [2.45, 2.75) is 46.6 Å². The summed E-state index contributed by atoms with van der Waals surface area (Å²) in [5.41, 5.74) is 0. The van der Waals surface area contributed by atoms with Crippen LogP contribution >= 0.6 is 0 Å². The fourth-order valence-electron chi connectivity index (χ4n) is 2.62. The van der Waals surface area contributed by atoms with Gasteiger partial charge in [0.05, 0.1) is 6.10 Å². The lowest BCUT2D eigenvalue weighted by Crippen LogP contribution is -2.41. The van der Waals surface area contributed by atoms with Gasteiger partial charge in [0.15, 0.2) is 0 Å². The van der Waals surface area contributed by atoms with Crippen molar-refractivity contribution in [2.24, 2.45) is 11.8 Å². The Bertz CT molecular complexity index is 201. The van der Waals surface area contributed by atoms with E-state index < -0.39 is 0 Å². The Morgan fingerprint density at radius 2 is 1.83 bits per heavy atom. The molecule has 0 amide bonds. The number of piperidine rings is 1.